The number of ketones is 1. The lowest BCUT2D eigenvalue weighted by Gasteiger charge is -2.22. The highest BCUT2D eigenvalue weighted by atomic mass is 35.5. The summed E-state index contributed by atoms with van der Waals surface area (Å²) >= 11 is 6.25. The van der Waals surface area contributed by atoms with Crippen LogP contribution in [-0.4, -0.2) is 35.9 Å². The number of aliphatic hydroxyl groups is 1. The maximum Gasteiger partial charge on any atom is 0.296 e. The molecule has 0 radical (unpaired) electrons. The van der Waals surface area contributed by atoms with Crippen LogP contribution in [0.1, 0.15) is 28.9 Å². The normalized spacial score (nSPS) is 17.8. The van der Waals surface area contributed by atoms with Crippen molar-refractivity contribution in [3.05, 3.63) is 76.1 Å². The average molecular weight is 458 g/mol. The summed E-state index contributed by atoms with van der Waals surface area (Å²) in [7, 11) is 2.85. The van der Waals surface area contributed by atoms with E-state index in [9.17, 15) is 14.7 Å². The highest BCUT2D eigenvalue weighted by Gasteiger charge is 2.48. The fourth-order valence-electron chi connectivity index (χ4n) is 3.70. The van der Waals surface area contributed by atoms with Crippen LogP contribution in [0.25, 0.3) is 5.76 Å². The van der Waals surface area contributed by atoms with E-state index in [4.69, 9.17) is 29.9 Å². The van der Waals surface area contributed by atoms with Crippen LogP contribution < -0.4 is 9.47 Å². The van der Waals surface area contributed by atoms with Gasteiger partial charge in [0.05, 0.1) is 43.2 Å². The molecule has 166 valence electrons. The lowest BCUT2D eigenvalue weighted by molar-refractivity contribution is -0.140. The van der Waals surface area contributed by atoms with Gasteiger partial charge in [-0.2, -0.15) is 0 Å². The molecule has 3 aromatic rings. The first-order chi connectivity index (χ1) is 15.3. The van der Waals surface area contributed by atoms with Crippen molar-refractivity contribution in [2.75, 3.05) is 14.2 Å². The van der Waals surface area contributed by atoms with Crippen LogP contribution in [0.15, 0.2) is 57.1 Å². The fourth-order valence-corrected chi connectivity index (χ4v) is 3.94. The summed E-state index contributed by atoms with van der Waals surface area (Å²) in [6, 6.07) is 8.68. The minimum absolute atomic E-state index is 0.0132. The van der Waals surface area contributed by atoms with E-state index in [-0.39, 0.29) is 28.5 Å². The highest BCUT2D eigenvalue weighted by Crippen LogP contribution is 2.43. The molecule has 1 aliphatic rings. The Kier molecular flexibility index (Phi) is 5.71. The predicted molar refractivity (Wildman–Crippen MR) is 115 cm³/mol. The second kappa shape index (κ2) is 8.47. The molecule has 2 aromatic heterocycles. The molecule has 3 heterocycles. The number of likely N-dealkylation sites (tertiary alicyclic amines) is 1. The number of rotatable bonds is 6. The number of carbonyl (C=O) groups excluding carboxylic acids is 2. The van der Waals surface area contributed by atoms with Gasteiger partial charge in [0.15, 0.2) is 0 Å². The molecule has 32 heavy (non-hydrogen) atoms. The number of aryl methyl sites for hydroxylation is 1. The van der Waals surface area contributed by atoms with Crippen molar-refractivity contribution in [2.24, 2.45) is 0 Å². The second-order valence-corrected chi connectivity index (χ2v) is 7.55. The lowest BCUT2D eigenvalue weighted by atomic mass is 9.98. The summed E-state index contributed by atoms with van der Waals surface area (Å²) in [5, 5.41) is 11.4. The number of aliphatic hydroxyl groups excluding tert-OH is 1. The Balaban J connectivity index is 1.91. The molecule has 9 heteroatoms. The summed E-state index contributed by atoms with van der Waals surface area (Å²) in [6.45, 7) is 1.76. The topological polar surface area (TPSA) is 102 Å². The van der Waals surface area contributed by atoms with Crippen LogP contribution >= 0.6 is 11.6 Å². The molecule has 1 atom stereocenters. The van der Waals surface area contributed by atoms with Crippen molar-refractivity contribution >= 4 is 29.1 Å². The van der Waals surface area contributed by atoms with Gasteiger partial charge in [-0.05, 0) is 37.3 Å². The molecule has 8 nitrogen and oxygen atoms in total. The van der Waals surface area contributed by atoms with Crippen LogP contribution in [-0.2, 0) is 16.1 Å². The molecule has 1 saturated heterocycles. The monoisotopic (exact) mass is 457 g/mol. The number of benzene rings is 1. The Morgan fingerprint density at radius 1 is 1.16 bits per heavy atom. The van der Waals surface area contributed by atoms with E-state index in [1.165, 1.54) is 37.5 Å². The number of amides is 1. The summed E-state index contributed by atoms with van der Waals surface area (Å²) in [6.07, 6.45) is 1.47. The van der Waals surface area contributed by atoms with E-state index in [1.54, 1.807) is 31.2 Å². The Bertz CT molecular complexity index is 1210. The van der Waals surface area contributed by atoms with Gasteiger partial charge in [-0.15, -0.1) is 0 Å². The zero-order valence-electron chi connectivity index (χ0n) is 17.5. The fraction of sp³-hybridized carbons (Fsp3) is 0.217. The molecule has 1 aliphatic heterocycles. The quantitative estimate of drug-likeness (QED) is 0.331. The standard InChI is InChI=1S/C23H20ClNO7/c1-12-6-7-16(32-12)20-19(22(27)23(28)25(20)11-13-5-4-8-31-13)21(26)14-9-15(24)18(30-3)10-17(14)29-2/h4-10,20,26H,11H2,1-3H3/b21-19+. The number of hydrogen-bond acceptors (Lipinski definition) is 7. The summed E-state index contributed by atoms with van der Waals surface area (Å²) in [4.78, 5) is 27.3. The molecule has 1 unspecified atom stereocenters. The van der Waals surface area contributed by atoms with E-state index in [0.717, 1.165) is 0 Å². The van der Waals surface area contributed by atoms with E-state index >= 15 is 0 Å². The number of halogens is 1. The third-order valence-electron chi connectivity index (χ3n) is 5.21. The maximum absolute atomic E-state index is 13.1. The van der Waals surface area contributed by atoms with E-state index in [1.807, 2.05) is 0 Å². The van der Waals surface area contributed by atoms with Crippen LogP contribution in [0.5, 0.6) is 11.5 Å². The van der Waals surface area contributed by atoms with Crippen molar-refractivity contribution in [3.63, 3.8) is 0 Å². The van der Waals surface area contributed by atoms with Crippen LogP contribution in [0.2, 0.25) is 5.02 Å². The Morgan fingerprint density at radius 2 is 1.91 bits per heavy atom. The number of ether oxygens (including phenoxy) is 2. The SMILES string of the molecule is COc1cc(OC)c(/C(O)=C2\C(=O)C(=O)N(Cc3ccco3)C2c2ccc(C)o2)cc1Cl. The molecule has 0 saturated carbocycles. The number of hydrogen-bond donors (Lipinski definition) is 1. The number of furan rings is 2. The predicted octanol–water partition coefficient (Wildman–Crippen LogP) is 4.47. The van der Waals surface area contributed by atoms with Crippen LogP contribution in [0.3, 0.4) is 0 Å². The maximum atomic E-state index is 13.1. The molecule has 1 N–H and O–H groups in total. The number of methoxy groups -OCH3 is 2. The zero-order chi connectivity index (χ0) is 23.0. The third kappa shape index (κ3) is 3.62. The van der Waals surface area contributed by atoms with Gasteiger partial charge in [-0.1, -0.05) is 11.6 Å². The van der Waals surface area contributed by atoms with Crippen molar-refractivity contribution in [3.8, 4) is 11.5 Å². The van der Waals surface area contributed by atoms with Crippen molar-refractivity contribution in [1.82, 2.24) is 4.90 Å². The van der Waals surface area contributed by atoms with Gasteiger partial charge in [-0.25, -0.2) is 0 Å². The van der Waals surface area contributed by atoms with Gasteiger partial charge in [0.1, 0.15) is 40.6 Å². The smallest absolute Gasteiger partial charge is 0.296 e. The van der Waals surface area contributed by atoms with Gasteiger partial charge in [0, 0.05) is 6.07 Å². The molecule has 4 rings (SSSR count). The molecule has 1 amide bonds. The minimum Gasteiger partial charge on any atom is -0.507 e. The summed E-state index contributed by atoms with van der Waals surface area (Å²) < 4.78 is 21.7. The first-order valence-corrected chi connectivity index (χ1v) is 10.0. The van der Waals surface area contributed by atoms with Crippen molar-refractivity contribution in [1.29, 1.82) is 0 Å². The van der Waals surface area contributed by atoms with Crippen LogP contribution in [0, 0.1) is 6.92 Å². The third-order valence-corrected chi connectivity index (χ3v) is 5.50. The highest BCUT2D eigenvalue weighted by molar-refractivity contribution is 6.46. The molecular weight excluding hydrogens is 438 g/mol. The first-order valence-electron chi connectivity index (χ1n) is 9.64. The molecular formula is C23H20ClNO7. The molecule has 0 spiro atoms. The van der Waals surface area contributed by atoms with E-state index in [0.29, 0.717) is 23.0 Å². The van der Waals surface area contributed by atoms with Crippen LogP contribution in [0.4, 0.5) is 0 Å². The summed E-state index contributed by atoms with van der Waals surface area (Å²) in [5.74, 6) is -0.146. The van der Waals surface area contributed by atoms with Gasteiger partial charge in [0.25, 0.3) is 11.7 Å². The van der Waals surface area contributed by atoms with Crippen molar-refractivity contribution < 1.29 is 33.0 Å². The first kappa shape index (κ1) is 21.6. The van der Waals surface area contributed by atoms with Gasteiger partial charge >= 0.3 is 0 Å². The van der Waals surface area contributed by atoms with Gasteiger partial charge < -0.3 is 28.3 Å². The number of nitrogens with zero attached hydrogens (tertiary/aromatic N) is 1. The largest absolute Gasteiger partial charge is 0.507 e. The summed E-state index contributed by atoms with van der Waals surface area (Å²) in [5.41, 5.74) is -0.00184. The number of Topliss-reactive ketones (excluding diaryl/α,β-unsaturated/α-hetero) is 1. The van der Waals surface area contributed by atoms with E-state index < -0.39 is 23.5 Å². The number of carbonyl (C=O) groups is 2. The van der Waals surface area contributed by atoms with E-state index in [2.05, 4.69) is 0 Å². The minimum atomic E-state index is -0.973. The van der Waals surface area contributed by atoms with Gasteiger partial charge in [0.2, 0.25) is 0 Å². The second-order valence-electron chi connectivity index (χ2n) is 7.14. The Morgan fingerprint density at radius 3 is 2.50 bits per heavy atom. The Hall–Kier alpha value is -3.65. The average Bonchev–Trinajstić information content (AvgIpc) is 3.50. The zero-order valence-corrected chi connectivity index (χ0v) is 18.3. The van der Waals surface area contributed by atoms with Gasteiger partial charge in [-0.3, -0.25) is 9.59 Å². The molecule has 0 bridgehead atoms. The lowest BCUT2D eigenvalue weighted by Crippen LogP contribution is -2.28. The molecule has 1 aromatic carbocycles. The Labute approximate surface area is 188 Å². The molecule has 1 fully saturated rings. The van der Waals surface area contributed by atoms with Crippen molar-refractivity contribution in [2.45, 2.75) is 19.5 Å². The molecule has 0 aliphatic carbocycles.